The van der Waals surface area contributed by atoms with E-state index in [1.165, 1.54) is 11.8 Å². The number of carbonyl (C=O) groups excluding carboxylic acids is 2. The second-order valence-electron chi connectivity index (χ2n) is 5.82. The number of rotatable bonds is 5. The van der Waals surface area contributed by atoms with E-state index in [9.17, 15) is 18.0 Å². The summed E-state index contributed by atoms with van der Waals surface area (Å²) in [6.45, 7) is 3.48. The van der Waals surface area contributed by atoms with Crippen molar-refractivity contribution in [3.63, 3.8) is 0 Å². The second kappa shape index (κ2) is 7.53. The quantitative estimate of drug-likeness (QED) is 0.788. The number of nitrogens with zero attached hydrogens (tertiary/aromatic N) is 2. The van der Waals surface area contributed by atoms with Crippen molar-refractivity contribution in [3.8, 4) is 0 Å². The first-order valence-electron chi connectivity index (χ1n) is 7.77. The highest BCUT2D eigenvalue weighted by molar-refractivity contribution is 7.91. The van der Waals surface area contributed by atoms with Crippen LogP contribution in [0.5, 0.6) is 0 Å². The molecule has 1 heterocycles. The van der Waals surface area contributed by atoms with Crippen molar-refractivity contribution in [2.45, 2.75) is 26.3 Å². The lowest BCUT2D eigenvalue weighted by Crippen LogP contribution is -2.47. The highest BCUT2D eigenvalue weighted by Gasteiger charge is 2.34. The molecule has 1 aliphatic heterocycles. The van der Waals surface area contributed by atoms with Gasteiger partial charge in [0.25, 0.3) is 0 Å². The summed E-state index contributed by atoms with van der Waals surface area (Å²) >= 11 is 5.85. The van der Waals surface area contributed by atoms with Gasteiger partial charge in [0.2, 0.25) is 11.8 Å². The molecule has 1 aromatic carbocycles. The van der Waals surface area contributed by atoms with Crippen LogP contribution in [-0.4, -0.2) is 55.8 Å². The highest BCUT2D eigenvalue weighted by atomic mass is 35.5. The van der Waals surface area contributed by atoms with Gasteiger partial charge in [-0.1, -0.05) is 11.6 Å². The van der Waals surface area contributed by atoms with Crippen molar-refractivity contribution in [3.05, 3.63) is 29.3 Å². The Morgan fingerprint density at radius 2 is 1.88 bits per heavy atom. The number of hydrogen-bond acceptors (Lipinski definition) is 4. The van der Waals surface area contributed by atoms with Crippen LogP contribution in [-0.2, 0) is 19.4 Å². The lowest BCUT2D eigenvalue weighted by molar-refractivity contribution is -0.132. The van der Waals surface area contributed by atoms with E-state index >= 15 is 0 Å². The second-order valence-corrected chi connectivity index (χ2v) is 8.48. The normalized spacial score (nSPS) is 19.0. The maximum Gasteiger partial charge on any atom is 0.242 e. The summed E-state index contributed by atoms with van der Waals surface area (Å²) in [5.41, 5.74) is 0.579. The molecule has 24 heavy (non-hydrogen) atoms. The molecule has 0 aliphatic carbocycles. The molecule has 1 unspecified atom stereocenters. The topological polar surface area (TPSA) is 74.8 Å². The zero-order chi connectivity index (χ0) is 17.9. The van der Waals surface area contributed by atoms with Gasteiger partial charge in [-0.3, -0.25) is 9.59 Å². The van der Waals surface area contributed by atoms with Gasteiger partial charge in [0.15, 0.2) is 9.84 Å². The molecular weight excluding hydrogens is 352 g/mol. The molecule has 0 N–H and O–H groups in total. The van der Waals surface area contributed by atoms with Crippen LogP contribution in [0.3, 0.4) is 0 Å². The van der Waals surface area contributed by atoms with Crippen LogP contribution in [0.4, 0.5) is 5.69 Å². The lowest BCUT2D eigenvalue weighted by atomic mass is 10.2. The molecule has 0 spiro atoms. The molecule has 132 valence electrons. The minimum absolute atomic E-state index is 0.00635. The number of anilines is 1. The maximum absolute atomic E-state index is 12.6. The first-order chi connectivity index (χ1) is 11.2. The van der Waals surface area contributed by atoms with E-state index < -0.39 is 9.84 Å². The van der Waals surface area contributed by atoms with E-state index in [1.807, 2.05) is 6.92 Å². The summed E-state index contributed by atoms with van der Waals surface area (Å²) in [5.74, 6) is -0.423. The summed E-state index contributed by atoms with van der Waals surface area (Å²) < 4.78 is 23.3. The van der Waals surface area contributed by atoms with Crippen molar-refractivity contribution in [1.82, 2.24) is 4.90 Å². The molecule has 0 radical (unpaired) electrons. The fraction of sp³-hybridized carbons (Fsp3) is 0.500. The van der Waals surface area contributed by atoms with Crippen molar-refractivity contribution >= 4 is 38.9 Å². The molecule has 1 aliphatic rings. The number of sulfone groups is 1. The molecule has 2 rings (SSSR count). The van der Waals surface area contributed by atoms with Gasteiger partial charge in [-0.25, -0.2) is 8.42 Å². The molecule has 2 amide bonds. The molecule has 0 aromatic heterocycles. The van der Waals surface area contributed by atoms with E-state index in [4.69, 9.17) is 11.6 Å². The van der Waals surface area contributed by atoms with Crippen LogP contribution in [0, 0.1) is 0 Å². The third-order valence-electron chi connectivity index (χ3n) is 4.12. The average molecular weight is 373 g/mol. The standard InChI is InChI=1S/C16H21ClN2O4S/c1-3-18(15-8-9-24(22,23)11-15)16(21)10-19(12(2)20)14-6-4-13(17)5-7-14/h4-7,15H,3,8-11H2,1-2H3. The van der Waals surface area contributed by atoms with Gasteiger partial charge < -0.3 is 9.80 Å². The van der Waals surface area contributed by atoms with Gasteiger partial charge in [0.05, 0.1) is 11.5 Å². The molecule has 6 nitrogen and oxygen atoms in total. The Bertz CT molecular complexity index is 718. The lowest BCUT2D eigenvalue weighted by Gasteiger charge is -2.30. The van der Waals surface area contributed by atoms with Gasteiger partial charge in [0, 0.05) is 30.2 Å². The Balaban J connectivity index is 2.14. The van der Waals surface area contributed by atoms with Crippen molar-refractivity contribution in [2.75, 3.05) is 29.5 Å². The van der Waals surface area contributed by atoms with Crippen molar-refractivity contribution < 1.29 is 18.0 Å². The van der Waals surface area contributed by atoms with E-state index in [2.05, 4.69) is 0 Å². The minimum atomic E-state index is -3.07. The Hall–Kier alpha value is -1.60. The Kier molecular flexibility index (Phi) is 5.87. The predicted octanol–water partition coefficient (Wildman–Crippen LogP) is 1.73. The van der Waals surface area contributed by atoms with Gasteiger partial charge in [-0.2, -0.15) is 0 Å². The zero-order valence-electron chi connectivity index (χ0n) is 13.7. The zero-order valence-corrected chi connectivity index (χ0v) is 15.3. The number of likely N-dealkylation sites (N-methyl/N-ethyl adjacent to an activating group) is 1. The summed E-state index contributed by atoms with van der Waals surface area (Å²) in [7, 11) is -3.07. The number of carbonyl (C=O) groups is 2. The first-order valence-corrected chi connectivity index (χ1v) is 9.97. The minimum Gasteiger partial charge on any atom is -0.337 e. The number of hydrogen-bond donors (Lipinski definition) is 0. The van der Waals surface area contributed by atoms with Crippen LogP contribution in [0.15, 0.2) is 24.3 Å². The van der Waals surface area contributed by atoms with Gasteiger partial charge >= 0.3 is 0 Å². The number of amides is 2. The smallest absolute Gasteiger partial charge is 0.242 e. The van der Waals surface area contributed by atoms with Crippen molar-refractivity contribution in [1.29, 1.82) is 0 Å². The Morgan fingerprint density at radius 3 is 2.33 bits per heavy atom. The highest BCUT2D eigenvalue weighted by Crippen LogP contribution is 2.21. The fourth-order valence-corrected chi connectivity index (χ4v) is 4.75. The summed E-state index contributed by atoms with van der Waals surface area (Å²) in [6, 6.07) is 6.34. The molecule has 1 saturated heterocycles. The monoisotopic (exact) mass is 372 g/mol. The van der Waals surface area contributed by atoms with Crippen LogP contribution >= 0.6 is 11.6 Å². The molecule has 1 aromatic rings. The van der Waals surface area contributed by atoms with Gasteiger partial charge in [-0.05, 0) is 37.6 Å². The number of halogens is 1. The summed E-state index contributed by atoms with van der Waals surface area (Å²) in [4.78, 5) is 27.5. The summed E-state index contributed by atoms with van der Waals surface area (Å²) in [6.07, 6.45) is 0.447. The SMILES string of the molecule is CCN(C(=O)CN(C(C)=O)c1ccc(Cl)cc1)C1CCS(=O)(=O)C1. The van der Waals surface area contributed by atoms with E-state index in [1.54, 1.807) is 29.2 Å². The maximum atomic E-state index is 12.6. The van der Waals surface area contributed by atoms with Crippen molar-refractivity contribution in [2.24, 2.45) is 0 Å². The predicted molar refractivity (Wildman–Crippen MR) is 93.9 cm³/mol. The van der Waals surface area contributed by atoms with E-state index in [0.717, 1.165) is 0 Å². The third-order valence-corrected chi connectivity index (χ3v) is 6.12. The Morgan fingerprint density at radius 1 is 1.25 bits per heavy atom. The first kappa shape index (κ1) is 18.7. The Labute approximate surface area is 147 Å². The van der Waals surface area contributed by atoms with E-state index in [0.29, 0.717) is 23.7 Å². The molecule has 1 fully saturated rings. The molecular formula is C16H21ClN2O4S. The fourth-order valence-electron chi connectivity index (χ4n) is 2.89. The average Bonchev–Trinajstić information content (AvgIpc) is 2.86. The van der Waals surface area contributed by atoms with Crippen LogP contribution in [0.2, 0.25) is 5.02 Å². The largest absolute Gasteiger partial charge is 0.337 e. The van der Waals surface area contributed by atoms with Gasteiger partial charge in [0.1, 0.15) is 6.54 Å². The van der Waals surface area contributed by atoms with E-state index in [-0.39, 0.29) is 35.9 Å². The molecule has 1 atom stereocenters. The molecule has 8 heteroatoms. The molecule has 0 saturated carbocycles. The number of benzene rings is 1. The van der Waals surface area contributed by atoms with Gasteiger partial charge in [-0.15, -0.1) is 0 Å². The van der Waals surface area contributed by atoms with Crippen LogP contribution in [0.25, 0.3) is 0 Å². The molecule has 0 bridgehead atoms. The summed E-state index contributed by atoms with van der Waals surface area (Å²) in [5, 5.41) is 0.542. The van der Waals surface area contributed by atoms with Crippen LogP contribution < -0.4 is 4.90 Å². The third kappa shape index (κ3) is 4.48. The van der Waals surface area contributed by atoms with Crippen LogP contribution in [0.1, 0.15) is 20.3 Å².